The lowest BCUT2D eigenvalue weighted by Gasteiger charge is -2.18. The zero-order chi connectivity index (χ0) is 12.1. The van der Waals surface area contributed by atoms with Crippen molar-refractivity contribution < 1.29 is 18.6 Å². The Hall–Kier alpha value is -1.54. The van der Waals surface area contributed by atoms with Gasteiger partial charge in [0, 0.05) is 6.20 Å². The van der Waals surface area contributed by atoms with Crippen LogP contribution in [0, 0.1) is 0 Å². The predicted octanol–water partition coefficient (Wildman–Crippen LogP) is -0.402. The van der Waals surface area contributed by atoms with Gasteiger partial charge < -0.3 is 15.6 Å². The fourth-order valence-corrected chi connectivity index (χ4v) is 1.07. The zero-order valence-electron chi connectivity index (χ0n) is 8.22. The molecule has 6 nitrogen and oxygen atoms in total. The van der Waals surface area contributed by atoms with E-state index in [1.807, 2.05) is 0 Å². The highest BCUT2D eigenvalue weighted by Gasteiger charge is 2.24. The van der Waals surface area contributed by atoms with Gasteiger partial charge in [-0.3, -0.25) is 4.57 Å². The van der Waals surface area contributed by atoms with Crippen molar-refractivity contribution in [2.75, 3.05) is 18.9 Å². The van der Waals surface area contributed by atoms with Crippen LogP contribution < -0.4 is 11.4 Å². The number of ether oxygens (including phenoxy) is 1. The van der Waals surface area contributed by atoms with Gasteiger partial charge in [-0.05, 0) is 6.07 Å². The molecule has 0 saturated heterocycles. The van der Waals surface area contributed by atoms with E-state index in [2.05, 4.69) is 9.72 Å². The highest BCUT2D eigenvalue weighted by atomic mass is 19.3. The second-order valence-corrected chi connectivity index (χ2v) is 2.86. The molecule has 90 valence electrons. The minimum atomic E-state index is -2.91. The number of anilines is 1. The lowest BCUT2D eigenvalue weighted by atomic mass is 10.5. The van der Waals surface area contributed by atoms with Crippen molar-refractivity contribution in [3.05, 3.63) is 22.7 Å². The summed E-state index contributed by atoms with van der Waals surface area (Å²) >= 11 is 0. The molecule has 1 aromatic rings. The third-order valence-corrected chi connectivity index (χ3v) is 1.72. The van der Waals surface area contributed by atoms with Crippen LogP contribution >= 0.6 is 0 Å². The number of rotatable bonds is 5. The Balaban J connectivity index is 2.97. The molecule has 0 spiro atoms. The van der Waals surface area contributed by atoms with Crippen LogP contribution in [0.25, 0.3) is 0 Å². The van der Waals surface area contributed by atoms with Crippen molar-refractivity contribution in [1.29, 1.82) is 0 Å². The molecule has 1 atom stereocenters. The molecule has 1 unspecified atom stereocenters. The van der Waals surface area contributed by atoms with Crippen molar-refractivity contribution in [1.82, 2.24) is 9.55 Å². The Labute approximate surface area is 89.3 Å². The first kappa shape index (κ1) is 12.5. The van der Waals surface area contributed by atoms with E-state index in [0.717, 1.165) is 6.20 Å². The van der Waals surface area contributed by atoms with E-state index in [1.165, 1.54) is 6.07 Å². The number of aromatic nitrogens is 2. The van der Waals surface area contributed by atoms with Gasteiger partial charge in [-0.2, -0.15) is 4.98 Å². The standard InChI is InChI=1S/C8H11F2N3O3/c9-6(10)7(16-4-3-14)13-2-1-5(11)12-8(13)15/h1-2,6-7,14H,3-4H2,(H2,11,12,15). The van der Waals surface area contributed by atoms with E-state index in [9.17, 15) is 13.6 Å². The summed E-state index contributed by atoms with van der Waals surface area (Å²) in [5.41, 5.74) is 4.28. The number of nitrogens with zero attached hydrogens (tertiary/aromatic N) is 2. The fraction of sp³-hybridized carbons (Fsp3) is 0.500. The first-order chi connectivity index (χ1) is 7.56. The number of aliphatic hydroxyl groups excluding tert-OH is 1. The summed E-state index contributed by atoms with van der Waals surface area (Å²) < 4.78 is 30.4. The Kier molecular flexibility index (Phi) is 4.32. The molecule has 0 aliphatic rings. The molecule has 0 fully saturated rings. The molecule has 8 heteroatoms. The molecule has 0 aromatic carbocycles. The SMILES string of the molecule is Nc1ccn(C(OCCO)C(F)F)c(=O)n1. The molecule has 0 saturated carbocycles. The molecular formula is C8H11F2N3O3. The molecule has 1 rings (SSSR count). The third kappa shape index (κ3) is 2.97. The Bertz CT molecular complexity index is 396. The molecule has 0 amide bonds. The molecule has 1 heterocycles. The van der Waals surface area contributed by atoms with Gasteiger partial charge >= 0.3 is 5.69 Å². The normalized spacial score (nSPS) is 13.0. The van der Waals surface area contributed by atoms with Crippen molar-refractivity contribution in [3.63, 3.8) is 0 Å². The number of alkyl halides is 2. The van der Waals surface area contributed by atoms with Crippen LogP contribution in [-0.4, -0.2) is 34.3 Å². The summed E-state index contributed by atoms with van der Waals surface area (Å²) in [6.07, 6.45) is -3.61. The number of nitrogen functional groups attached to an aromatic ring is 1. The van der Waals surface area contributed by atoms with Crippen LogP contribution in [0.3, 0.4) is 0 Å². The van der Waals surface area contributed by atoms with Crippen molar-refractivity contribution in [2.24, 2.45) is 0 Å². The summed E-state index contributed by atoms with van der Waals surface area (Å²) in [7, 11) is 0. The third-order valence-electron chi connectivity index (χ3n) is 1.72. The second kappa shape index (κ2) is 5.52. The Morgan fingerprint density at radius 2 is 2.31 bits per heavy atom. The van der Waals surface area contributed by atoms with Gasteiger partial charge in [0.05, 0.1) is 13.2 Å². The highest BCUT2D eigenvalue weighted by molar-refractivity contribution is 5.23. The van der Waals surface area contributed by atoms with Crippen molar-refractivity contribution in [3.8, 4) is 0 Å². The number of hydrogen-bond donors (Lipinski definition) is 2. The molecule has 0 aliphatic heterocycles. The maximum atomic E-state index is 12.6. The van der Waals surface area contributed by atoms with Crippen molar-refractivity contribution >= 4 is 5.82 Å². The van der Waals surface area contributed by atoms with Crippen LogP contribution in [0.4, 0.5) is 14.6 Å². The van der Waals surface area contributed by atoms with Gasteiger partial charge in [-0.25, -0.2) is 13.6 Å². The first-order valence-electron chi connectivity index (χ1n) is 4.41. The van der Waals surface area contributed by atoms with E-state index >= 15 is 0 Å². The molecular weight excluding hydrogens is 224 g/mol. The number of hydrogen-bond acceptors (Lipinski definition) is 5. The van der Waals surface area contributed by atoms with Crippen molar-refractivity contribution in [2.45, 2.75) is 12.7 Å². The molecule has 3 N–H and O–H groups in total. The first-order valence-corrected chi connectivity index (χ1v) is 4.41. The highest BCUT2D eigenvalue weighted by Crippen LogP contribution is 2.15. The number of aliphatic hydroxyl groups is 1. The summed E-state index contributed by atoms with van der Waals surface area (Å²) in [6, 6.07) is 1.21. The van der Waals surface area contributed by atoms with Gasteiger partial charge in [0.1, 0.15) is 5.82 Å². The smallest absolute Gasteiger partial charge is 0.351 e. The van der Waals surface area contributed by atoms with E-state index < -0.39 is 24.9 Å². The van der Waals surface area contributed by atoms with Crippen LogP contribution in [0.15, 0.2) is 17.1 Å². The molecule has 0 bridgehead atoms. The quantitative estimate of drug-likeness (QED) is 0.724. The predicted molar refractivity (Wildman–Crippen MR) is 51.0 cm³/mol. The topological polar surface area (TPSA) is 90.4 Å². The summed E-state index contributed by atoms with van der Waals surface area (Å²) in [6.45, 7) is -0.716. The largest absolute Gasteiger partial charge is 0.394 e. The average Bonchev–Trinajstić information content (AvgIpc) is 2.20. The molecule has 16 heavy (non-hydrogen) atoms. The Morgan fingerprint density at radius 3 is 2.81 bits per heavy atom. The molecule has 1 aromatic heterocycles. The fourth-order valence-electron chi connectivity index (χ4n) is 1.07. The van der Waals surface area contributed by atoms with Crippen LogP contribution in [0.1, 0.15) is 6.23 Å². The number of halogens is 2. The van der Waals surface area contributed by atoms with Crippen LogP contribution in [0.5, 0.6) is 0 Å². The summed E-state index contributed by atoms with van der Waals surface area (Å²) in [5, 5.41) is 8.46. The van der Waals surface area contributed by atoms with E-state index in [4.69, 9.17) is 10.8 Å². The van der Waals surface area contributed by atoms with E-state index in [-0.39, 0.29) is 12.4 Å². The lowest BCUT2D eigenvalue weighted by molar-refractivity contribution is -0.108. The second-order valence-electron chi connectivity index (χ2n) is 2.86. The van der Waals surface area contributed by atoms with Gasteiger partial charge in [-0.15, -0.1) is 0 Å². The molecule has 0 aliphatic carbocycles. The maximum absolute atomic E-state index is 12.6. The molecule has 0 radical (unpaired) electrons. The average molecular weight is 235 g/mol. The maximum Gasteiger partial charge on any atom is 0.351 e. The van der Waals surface area contributed by atoms with Gasteiger partial charge in [0.25, 0.3) is 6.43 Å². The van der Waals surface area contributed by atoms with Crippen LogP contribution in [0.2, 0.25) is 0 Å². The lowest BCUT2D eigenvalue weighted by Crippen LogP contribution is -2.33. The van der Waals surface area contributed by atoms with Gasteiger partial charge in [0.15, 0.2) is 6.23 Å². The van der Waals surface area contributed by atoms with Crippen LogP contribution in [-0.2, 0) is 4.74 Å². The summed E-state index contributed by atoms with van der Waals surface area (Å²) in [4.78, 5) is 14.5. The minimum Gasteiger partial charge on any atom is -0.394 e. The van der Waals surface area contributed by atoms with Gasteiger partial charge in [-0.1, -0.05) is 0 Å². The monoisotopic (exact) mass is 235 g/mol. The minimum absolute atomic E-state index is 0.0589. The zero-order valence-corrected chi connectivity index (χ0v) is 8.22. The van der Waals surface area contributed by atoms with E-state index in [0.29, 0.717) is 4.57 Å². The van der Waals surface area contributed by atoms with E-state index in [1.54, 1.807) is 0 Å². The summed E-state index contributed by atoms with van der Waals surface area (Å²) in [5.74, 6) is -0.0589. The Morgan fingerprint density at radius 1 is 1.62 bits per heavy atom. The van der Waals surface area contributed by atoms with Gasteiger partial charge in [0.2, 0.25) is 0 Å². The number of nitrogens with two attached hydrogens (primary N) is 1.